The van der Waals surface area contributed by atoms with Crippen LogP contribution in [0.4, 0.5) is 4.39 Å². The van der Waals surface area contributed by atoms with E-state index in [0.29, 0.717) is 16.6 Å². The zero-order chi connectivity index (χ0) is 14.2. The fourth-order valence-electron chi connectivity index (χ4n) is 1.94. The molecular formula is C15H17FN2O. The lowest BCUT2D eigenvalue weighted by molar-refractivity contribution is 0.0921. The first-order valence-corrected chi connectivity index (χ1v) is 6.16. The molecule has 0 bridgehead atoms. The van der Waals surface area contributed by atoms with Crippen LogP contribution in [0.3, 0.4) is 0 Å². The zero-order valence-corrected chi connectivity index (χ0v) is 11.5. The van der Waals surface area contributed by atoms with Crippen molar-refractivity contribution in [2.24, 2.45) is 0 Å². The summed E-state index contributed by atoms with van der Waals surface area (Å²) in [5.41, 5.74) is 0.976. The second-order valence-corrected chi connectivity index (χ2v) is 5.65. The Hall–Kier alpha value is -1.97. The molecule has 1 aromatic heterocycles. The first-order valence-electron chi connectivity index (χ1n) is 6.16. The highest BCUT2D eigenvalue weighted by Gasteiger charge is 2.18. The van der Waals surface area contributed by atoms with Gasteiger partial charge in [0.15, 0.2) is 0 Å². The van der Waals surface area contributed by atoms with Crippen molar-refractivity contribution < 1.29 is 9.18 Å². The van der Waals surface area contributed by atoms with Gasteiger partial charge in [-0.2, -0.15) is 0 Å². The first-order chi connectivity index (χ1) is 8.78. The van der Waals surface area contributed by atoms with E-state index in [2.05, 4.69) is 10.3 Å². The molecule has 2 aromatic rings. The van der Waals surface area contributed by atoms with Crippen molar-refractivity contribution in [2.75, 3.05) is 0 Å². The minimum Gasteiger partial charge on any atom is -0.347 e. The van der Waals surface area contributed by atoms with E-state index in [4.69, 9.17) is 0 Å². The summed E-state index contributed by atoms with van der Waals surface area (Å²) in [7, 11) is 0. The predicted octanol–water partition coefficient (Wildman–Crippen LogP) is 3.21. The highest BCUT2D eigenvalue weighted by Crippen LogP contribution is 2.21. The minimum absolute atomic E-state index is 0.214. The van der Waals surface area contributed by atoms with Gasteiger partial charge in [-0.05, 0) is 39.8 Å². The third-order valence-corrected chi connectivity index (χ3v) is 2.65. The van der Waals surface area contributed by atoms with Crippen LogP contribution in [0.2, 0.25) is 0 Å². The van der Waals surface area contributed by atoms with E-state index in [0.717, 1.165) is 0 Å². The normalized spacial score (nSPS) is 11.6. The SMILES string of the molecule is Cc1cc(C(=O)NC(C)(C)C)c2cccc(F)c2n1. The van der Waals surface area contributed by atoms with Crippen LogP contribution in [-0.4, -0.2) is 16.4 Å². The number of rotatable bonds is 1. The summed E-state index contributed by atoms with van der Waals surface area (Å²) in [6, 6.07) is 6.33. The summed E-state index contributed by atoms with van der Waals surface area (Å²) in [5.74, 6) is -0.625. The number of nitrogens with zero attached hydrogens (tertiary/aromatic N) is 1. The average Bonchev–Trinajstić information content (AvgIpc) is 2.27. The molecule has 0 saturated carbocycles. The number of nitrogens with one attached hydrogen (secondary N) is 1. The van der Waals surface area contributed by atoms with Crippen LogP contribution in [0, 0.1) is 12.7 Å². The molecule has 1 heterocycles. The van der Waals surface area contributed by atoms with E-state index < -0.39 is 5.82 Å². The third kappa shape index (κ3) is 2.89. The molecular weight excluding hydrogens is 243 g/mol. The van der Waals surface area contributed by atoms with Crippen molar-refractivity contribution in [2.45, 2.75) is 33.2 Å². The quantitative estimate of drug-likeness (QED) is 0.855. The number of hydrogen-bond acceptors (Lipinski definition) is 2. The number of pyridine rings is 1. The van der Waals surface area contributed by atoms with E-state index in [1.165, 1.54) is 6.07 Å². The van der Waals surface area contributed by atoms with Gasteiger partial charge in [0.2, 0.25) is 0 Å². The number of para-hydroxylation sites is 1. The monoisotopic (exact) mass is 260 g/mol. The smallest absolute Gasteiger partial charge is 0.252 e. The molecule has 0 atom stereocenters. The summed E-state index contributed by atoms with van der Waals surface area (Å²) in [6.45, 7) is 7.46. The van der Waals surface area contributed by atoms with Crippen molar-refractivity contribution in [3.8, 4) is 0 Å². The van der Waals surface area contributed by atoms with Crippen molar-refractivity contribution in [1.29, 1.82) is 0 Å². The molecule has 0 saturated heterocycles. The molecule has 4 heteroatoms. The van der Waals surface area contributed by atoms with Crippen LogP contribution in [0.5, 0.6) is 0 Å². The molecule has 0 unspecified atom stereocenters. The maximum absolute atomic E-state index is 13.8. The number of benzene rings is 1. The maximum atomic E-state index is 13.8. The van der Waals surface area contributed by atoms with Gasteiger partial charge in [0.1, 0.15) is 11.3 Å². The molecule has 1 N–H and O–H groups in total. The van der Waals surface area contributed by atoms with Gasteiger partial charge in [0.25, 0.3) is 5.91 Å². The number of aryl methyl sites for hydroxylation is 1. The Morgan fingerprint density at radius 1 is 1.32 bits per heavy atom. The molecule has 2 rings (SSSR count). The Balaban J connectivity index is 2.60. The van der Waals surface area contributed by atoms with Crippen LogP contribution >= 0.6 is 0 Å². The molecule has 0 fully saturated rings. The molecule has 0 spiro atoms. The van der Waals surface area contributed by atoms with Crippen LogP contribution in [0.15, 0.2) is 24.3 Å². The van der Waals surface area contributed by atoms with Crippen LogP contribution in [0.1, 0.15) is 36.8 Å². The van der Waals surface area contributed by atoms with Gasteiger partial charge in [-0.3, -0.25) is 4.79 Å². The minimum atomic E-state index is -0.411. The fraction of sp³-hybridized carbons (Fsp3) is 0.333. The molecule has 0 aliphatic heterocycles. The summed E-state index contributed by atoms with van der Waals surface area (Å²) in [4.78, 5) is 16.4. The number of amides is 1. The Bertz CT molecular complexity index is 644. The lowest BCUT2D eigenvalue weighted by Crippen LogP contribution is -2.40. The van der Waals surface area contributed by atoms with E-state index in [1.54, 1.807) is 25.1 Å². The van der Waals surface area contributed by atoms with Crippen LogP contribution < -0.4 is 5.32 Å². The van der Waals surface area contributed by atoms with Crippen molar-refractivity contribution >= 4 is 16.8 Å². The molecule has 100 valence electrons. The van der Waals surface area contributed by atoms with E-state index in [9.17, 15) is 9.18 Å². The Morgan fingerprint density at radius 2 is 2.00 bits per heavy atom. The number of halogens is 1. The maximum Gasteiger partial charge on any atom is 0.252 e. The van der Waals surface area contributed by atoms with Gasteiger partial charge in [-0.1, -0.05) is 12.1 Å². The van der Waals surface area contributed by atoms with Gasteiger partial charge in [-0.15, -0.1) is 0 Å². The summed E-state index contributed by atoms with van der Waals surface area (Å²) in [5, 5.41) is 3.42. The second-order valence-electron chi connectivity index (χ2n) is 5.65. The lowest BCUT2D eigenvalue weighted by Gasteiger charge is -2.21. The fourth-order valence-corrected chi connectivity index (χ4v) is 1.94. The average molecular weight is 260 g/mol. The summed E-state index contributed by atoms with van der Waals surface area (Å²) in [6.07, 6.45) is 0. The van der Waals surface area contributed by atoms with Gasteiger partial charge in [0.05, 0.1) is 5.56 Å². The van der Waals surface area contributed by atoms with Crippen molar-refractivity contribution in [3.63, 3.8) is 0 Å². The number of fused-ring (bicyclic) bond motifs is 1. The lowest BCUT2D eigenvalue weighted by atomic mass is 10.0. The zero-order valence-electron chi connectivity index (χ0n) is 11.5. The van der Waals surface area contributed by atoms with Crippen LogP contribution in [0.25, 0.3) is 10.9 Å². The summed E-state index contributed by atoms with van der Waals surface area (Å²) < 4.78 is 13.8. The van der Waals surface area contributed by atoms with Crippen molar-refractivity contribution in [3.05, 3.63) is 41.3 Å². The standard InChI is InChI=1S/C15H17FN2O/c1-9-8-11(14(19)18-15(2,3)4)10-6-5-7-12(16)13(10)17-9/h5-8H,1-4H3,(H,18,19). The Kier molecular flexibility index (Phi) is 3.27. The van der Waals surface area contributed by atoms with E-state index in [1.807, 2.05) is 20.8 Å². The Labute approximate surface area is 111 Å². The molecule has 3 nitrogen and oxygen atoms in total. The largest absolute Gasteiger partial charge is 0.347 e. The van der Waals surface area contributed by atoms with Gasteiger partial charge in [-0.25, -0.2) is 9.37 Å². The molecule has 0 aliphatic carbocycles. The molecule has 19 heavy (non-hydrogen) atoms. The van der Waals surface area contributed by atoms with Crippen LogP contribution in [-0.2, 0) is 0 Å². The van der Waals surface area contributed by atoms with Crippen molar-refractivity contribution in [1.82, 2.24) is 10.3 Å². The van der Waals surface area contributed by atoms with E-state index in [-0.39, 0.29) is 17.0 Å². The van der Waals surface area contributed by atoms with Gasteiger partial charge < -0.3 is 5.32 Å². The number of aromatic nitrogens is 1. The first kappa shape index (κ1) is 13.5. The second kappa shape index (κ2) is 4.61. The molecule has 1 aromatic carbocycles. The molecule has 1 amide bonds. The predicted molar refractivity (Wildman–Crippen MR) is 73.7 cm³/mol. The number of carbonyl (C=O) groups is 1. The highest BCUT2D eigenvalue weighted by molar-refractivity contribution is 6.06. The van der Waals surface area contributed by atoms with E-state index >= 15 is 0 Å². The highest BCUT2D eigenvalue weighted by atomic mass is 19.1. The van der Waals surface area contributed by atoms with Gasteiger partial charge >= 0.3 is 0 Å². The van der Waals surface area contributed by atoms with Gasteiger partial charge in [0, 0.05) is 16.6 Å². The topological polar surface area (TPSA) is 42.0 Å². The summed E-state index contributed by atoms with van der Waals surface area (Å²) >= 11 is 0. The Morgan fingerprint density at radius 3 is 2.63 bits per heavy atom. The molecule has 0 radical (unpaired) electrons. The number of carbonyl (C=O) groups excluding carboxylic acids is 1. The third-order valence-electron chi connectivity index (χ3n) is 2.65. The number of hydrogen-bond donors (Lipinski definition) is 1. The molecule has 0 aliphatic rings.